The monoisotopic (exact) mass is 500 g/mol. The number of aliphatic imine (C=N–C) groups is 1. The summed E-state index contributed by atoms with van der Waals surface area (Å²) < 4.78 is 18.0. The van der Waals surface area contributed by atoms with E-state index in [1.165, 1.54) is 0 Å². The first kappa shape index (κ1) is 24.0. The number of rotatable bonds is 9. The predicted octanol–water partition coefficient (Wildman–Crippen LogP) is 3.87. The lowest BCUT2D eigenvalue weighted by molar-refractivity contribution is 0.319. The molecule has 5 rings (SSSR count). The zero-order chi connectivity index (χ0) is 25.9. The standard InChI is InChI=1S/C26H28N8O3/c1-4-20-30-21-23(31-20)32-26(36-17-8-6-7-16(13-17)24-29-11-12-34(24)3)33-25(21)37-19-14-15(22(27)28)9-10-18(19)35-5-2/h6-10,13-14H,4-5,11-12H2,1-3H3,(H3,27,28)(H,30,31,32,33). The van der Waals surface area contributed by atoms with Crippen LogP contribution in [-0.2, 0) is 6.42 Å². The fraction of sp³-hybridized carbons (Fsp3) is 0.269. The molecule has 0 radical (unpaired) electrons. The summed E-state index contributed by atoms with van der Waals surface area (Å²) in [6.45, 7) is 5.95. The molecule has 37 heavy (non-hydrogen) atoms. The first-order chi connectivity index (χ1) is 17.9. The summed E-state index contributed by atoms with van der Waals surface area (Å²) in [5.74, 6) is 3.16. The fourth-order valence-corrected chi connectivity index (χ4v) is 3.97. The number of nitrogens with zero attached hydrogens (tertiary/aromatic N) is 5. The Labute approximate surface area is 213 Å². The van der Waals surface area contributed by atoms with Crippen LogP contribution < -0.4 is 19.9 Å². The van der Waals surface area contributed by atoms with Crippen molar-refractivity contribution in [2.45, 2.75) is 20.3 Å². The Hall–Kier alpha value is -4.67. The van der Waals surface area contributed by atoms with Gasteiger partial charge in [0.2, 0.25) is 0 Å². The number of amidine groups is 2. The lowest BCUT2D eigenvalue weighted by Gasteiger charge is -2.15. The van der Waals surface area contributed by atoms with Gasteiger partial charge >= 0.3 is 6.01 Å². The zero-order valence-corrected chi connectivity index (χ0v) is 20.9. The van der Waals surface area contributed by atoms with Crippen LogP contribution in [0.15, 0.2) is 47.5 Å². The molecule has 0 amide bonds. The van der Waals surface area contributed by atoms with E-state index in [2.05, 4.69) is 29.8 Å². The molecular weight excluding hydrogens is 472 g/mol. The van der Waals surface area contributed by atoms with Crippen LogP contribution in [0.4, 0.5) is 0 Å². The molecule has 0 unspecified atom stereocenters. The number of hydrogen-bond acceptors (Lipinski definition) is 9. The molecule has 0 bridgehead atoms. The van der Waals surface area contributed by atoms with Gasteiger partial charge in [0.1, 0.15) is 23.2 Å². The number of nitrogens with two attached hydrogens (primary N) is 1. The quantitative estimate of drug-likeness (QED) is 0.232. The van der Waals surface area contributed by atoms with E-state index in [9.17, 15) is 0 Å². The maximum Gasteiger partial charge on any atom is 0.327 e. The van der Waals surface area contributed by atoms with Crippen LogP contribution in [0.1, 0.15) is 30.8 Å². The maximum absolute atomic E-state index is 7.80. The van der Waals surface area contributed by atoms with Crippen LogP contribution in [0.5, 0.6) is 29.1 Å². The smallest absolute Gasteiger partial charge is 0.327 e. The zero-order valence-electron chi connectivity index (χ0n) is 20.9. The molecule has 4 N–H and O–H groups in total. The molecule has 1 aliphatic rings. The molecule has 0 spiro atoms. The van der Waals surface area contributed by atoms with E-state index < -0.39 is 0 Å². The van der Waals surface area contributed by atoms with Gasteiger partial charge in [-0.05, 0) is 37.3 Å². The average molecular weight is 501 g/mol. The highest BCUT2D eigenvalue weighted by Gasteiger charge is 2.19. The molecule has 3 heterocycles. The lowest BCUT2D eigenvalue weighted by Crippen LogP contribution is -2.23. The second kappa shape index (κ2) is 10.1. The number of benzene rings is 2. The van der Waals surface area contributed by atoms with Crippen LogP contribution in [0.3, 0.4) is 0 Å². The van der Waals surface area contributed by atoms with E-state index >= 15 is 0 Å². The van der Waals surface area contributed by atoms with Crippen molar-refractivity contribution in [2.24, 2.45) is 10.7 Å². The molecule has 11 heteroatoms. The first-order valence-electron chi connectivity index (χ1n) is 12.0. The molecule has 11 nitrogen and oxygen atoms in total. The molecule has 1 aliphatic heterocycles. The topological polar surface area (TPSA) is 148 Å². The van der Waals surface area contributed by atoms with E-state index in [0.717, 1.165) is 30.3 Å². The highest BCUT2D eigenvalue weighted by molar-refractivity contribution is 6.00. The van der Waals surface area contributed by atoms with E-state index in [4.69, 9.17) is 25.4 Å². The van der Waals surface area contributed by atoms with Gasteiger partial charge in [-0.2, -0.15) is 9.97 Å². The van der Waals surface area contributed by atoms with Gasteiger partial charge in [0.05, 0.1) is 13.2 Å². The Morgan fingerprint density at radius 3 is 2.68 bits per heavy atom. The minimum atomic E-state index is -0.0878. The molecule has 4 aromatic rings. The summed E-state index contributed by atoms with van der Waals surface area (Å²) in [5.41, 5.74) is 8.08. The van der Waals surface area contributed by atoms with Gasteiger partial charge in [-0.1, -0.05) is 19.1 Å². The summed E-state index contributed by atoms with van der Waals surface area (Å²) in [6.07, 6.45) is 0.674. The van der Waals surface area contributed by atoms with Crippen LogP contribution in [0, 0.1) is 5.41 Å². The molecule has 190 valence electrons. The van der Waals surface area contributed by atoms with Crippen molar-refractivity contribution in [1.29, 1.82) is 5.41 Å². The number of imidazole rings is 1. The van der Waals surface area contributed by atoms with Crippen molar-refractivity contribution >= 4 is 22.8 Å². The summed E-state index contributed by atoms with van der Waals surface area (Å²) in [6, 6.07) is 12.8. The summed E-state index contributed by atoms with van der Waals surface area (Å²) in [4.78, 5) is 23.5. The maximum atomic E-state index is 7.80. The minimum absolute atomic E-state index is 0.0878. The van der Waals surface area contributed by atoms with Gasteiger partial charge in [0.15, 0.2) is 22.7 Å². The number of ether oxygens (including phenoxy) is 3. The summed E-state index contributed by atoms with van der Waals surface area (Å²) >= 11 is 0. The van der Waals surface area contributed by atoms with E-state index in [1.54, 1.807) is 18.2 Å². The second-order valence-corrected chi connectivity index (χ2v) is 8.41. The Kier molecular flexibility index (Phi) is 6.59. The molecule has 0 saturated carbocycles. The lowest BCUT2D eigenvalue weighted by atomic mass is 10.2. The largest absolute Gasteiger partial charge is 0.490 e. The van der Waals surface area contributed by atoms with Crippen molar-refractivity contribution in [2.75, 3.05) is 26.7 Å². The van der Waals surface area contributed by atoms with Gasteiger partial charge < -0.3 is 29.8 Å². The van der Waals surface area contributed by atoms with Crippen LogP contribution >= 0.6 is 0 Å². The van der Waals surface area contributed by atoms with Crippen molar-refractivity contribution in [3.05, 3.63) is 59.4 Å². The van der Waals surface area contributed by atoms with Crippen molar-refractivity contribution in [3.63, 3.8) is 0 Å². The second-order valence-electron chi connectivity index (χ2n) is 8.41. The Morgan fingerprint density at radius 1 is 1.08 bits per heavy atom. The molecule has 0 fully saturated rings. The Morgan fingerprint density at radius 2 is 1.95 bits per heavy atom. The fourth-order valence-electron chi connectivity index (χ4n) is 3.97. The average Bonchev–Trinajstić information content (AvgIpc) is 3.51. The number of nitrogens with one attached hydrogen (secondary N) is 2. The third-order valence-corrected chi connectivity index (χ3v) is 5.80. The highest BCUT2D eigenvalue weighted by Crippen LogP contribution is 2.35. The van der Waals surface area contributed by atoms with Gasteiger partial charge in [0, 0.05) is 31.1 Å². The third kappa shape index (κ3) is 5.01. The molecule has 0 atom stereocenters. The predicted molar refractivity (Wildman–Crippen MR) is 140 cm³/mol. The van der Waals surface area contributed by atoms with Crippen LogP contribution in [0.2, 0.25) is 0 Å². The number of nitrogen functional groups attached to an aromatic ring is 1. The van der Waals surface area contributed by atoms with E-state index in [1.807, 2.05) is 45.2 Å². The number of aryl methyl sites for hydroxylation is 1. The Balaban J connectivity index is 1.53. The SMILES string of the molecule is CCOc1ccc(C(=N)N)cc1Oc1nc(Oc2cccc(C3=NCCN3C)c2)nc2[nH]c(CC)nc12. The summed E-state index contributed by atoms with van der Waals surface area (Å²) in [7, 11) is 2.02. The van der Waals surface area contributed by atoms with E-state index in [0.29, 0.717) is 47.0 Å². The molecule has 2 aromatic carbocycles. The molecular formula is C26H28N8O3. The van der Waals surface area contributed by atoms with Gasteiger partial charge in [-0.25, -0.2) is 4.98 Å². The first-order valence-corrected chi connectivity index (χ1v) is 12.0. The normalized spacial score (nSPS) is 13.1. The van der Waals surface area contributed by atoms with Gasteiger partial charge in [-0.3, -0.25) is 10.4 Å². The number of aromatic nitrogens is 4. The third-order valence-electron chi connectivity index (χ3n) is 5.80. The van der Waals surface area contributed by atoms with Crippen LogP contribution in [0.25, 0.3) is 11.2 Å². The van der Waals surface area contributed by atoms with Crippen molar-refractivity contribution in [3.8, 4) is 29.1 Å². The number of fused-ring (bicyclic) bond motifs is 1. The number of aromatic amines is 1. The van der Waals surface area contributed by atoms with Crippen molar-refractivity contribution in [1.82, 2.24) is 24.8 Å². The molecule has 0 saturated heterocycles. The number of likely N-dealkylation sites (N-methyl/N-ethyl adjacent to an activating group) is 1. The highest BCUT2D eigenvalue weighted by atomic mass is 16.5. The minimum Gasteiger partial charge on any atom is -0.490 e. The number of hydrogen-bond donors (Lipinski definition) is 3. The van der Waals surface area contributed by atoms with Crippen LogP contribution in [-0.4, -0.2) is 63.3 Å². The van der Waals surface area contributed by atoms with E-state index in [-0.39, 0.29) is 17.7 Å². The van der Waals surface area contributed by atoms with Gasteiger partial charge in [0.25, 0.3) is 5.88 Å². The molecule has 2 aromatic heterocycles. The number of H-pyrrole nitrogens is 1. The van der Waals surface area contributed by atoms with Gasteiger partial charge in [-0.15, -0.1) is 0 Å². The molecule has 0 aliphatic carbocycles. The van der Waals surface area contributed by atoms with Crippen molar-refractivity contribution < 1.29 is 14.2 Å². The Bertz CT molecular complexity index is 1500. The summed E-state index contributed by atoms with van der Waals surface area (Å²) in [5, 5.41) is 7.80.